The molecule has 0 unspecified atom stereocenters. The zero-order valence-electron chi connectivity index (χ0n) is 13.8. The van der Waals surface area contributed by atoms with Crippen LogP contribution < -0.4 is 5.32 Å². The molecule has 1 amide bonds. The number of rotatable bonds is 4. The molecule has 0 radical (unpaired) electrons. The van der Waals surface area contributed by atoms with E-state index in [2.05, 4.69) is 15.5 Å². The SMILES string of the molecule is Cc1noc([C@H]2CC[C@H](CNC(=O)c3cc(F)c(O)c(F)c3)CC2)n1. The standard InChI is InChI=1S/C17H19F2N3O3/c1-9-21-17(25-22-9)11-4-2-10(3-5-11)8-20-16(24)12-6-13(18)15(23)14(19)7-12/h6-7,10-11,23H,2-5,8H2,1H3,(H,20,24)/t10-,11-. The lowest BCUT2D eigenvalue weighted by Gasteiger charge is -2.26. The van der Waals surface area contributed by atoms with Crippen molar-refractivity contribution in [2.75, 3.05) is 6.54 Å². The summed E-state index contributed by atoms with van der Waals surface area (Å²) in [6, 6.07) is 1.64. The van der Waals surface area contributed by atoms with Crippen molar-refractivity contribution in [3.05, 3.63) is 41.0 Å². The minimum atomic E-state index is -1.15. The average molecular weight is 351 g/mol. The summed E-state index contributed by atoms with van der Waals surface area (Å²) in [6.45, 7) is 2.21. The van der Waals surface area contributed by atoms with Gasteiger partial charge in [0.2, 0.25) is 5.89 Å². The maximum Gasteiger partial charge on any atom is 0.251 e. The Morgan fingerprint density at radius 2 is 1.92 bits per heavy atom. The van der Waals surface area contributed by atoms with Crippen molar-refractivity contribution >= 4 is 5.91 Å². The molecule has 1 heterocycles. The van der Waals surface area contributed by atoms with Gasteiger partial charge in [-0.25, -0.2) is 8.78 Å². The number of phenols is 1. The number of nitrogens with zero attached hydrogens (tertiary/aromatic N) is 2. The van der Waals surface area contributed by atoms with Gasteiger partial charge in [-0.1, -0.05) is 5.16 Å². The van der Waals surface area contributed by atoms with E-state index in [0.29, 0.717) is 18.3 Å². The molecule has 1 aromatic heterocycles. The number of aromatic hydroxyl groups is 1. The number of amides is 1. The van der Waals surface area contributed by atoms with Crippen LogP contribution >= 0.6 is 0 Å². The summed E-state index contributed by atoms with van der Waals surface area (Å²) in [6.07, 6.45) is 3.57. The van der Waals surface area contributed by atoms with Crippen LogP contribution in [-0.4, -0.2) is 27.7 Å². The van der Waals surface area contributed by atoms with Crippen molar-refractivity contribution < 1.29 is 23.2 Å². The van der Waals surface area contributed by atoms with Crippen LogP contribution in [0.2, 0.25) is 0 Å². The Bertz CT molecular complexity index is 747. The molecule has 2 N–H and O–H groups in total. The molecule has 0 bridgehead atoms. The Kier molecular flexibility index (Phi) is 4.96. The van der Waals surface area contributed by atoms with E-state index in [1.807, 2.05) is 0 Å². The lowest BCUT2D eigenvalue weighted by atomic mass is 9.82. The summed E-state index contributed by atoms with van der Waals surface area (Å²) in [5, 5.41) is 15.6. The second-order valence-electron chi connectivity index (χ2n) is 6.40. The Morgan fingerprint density at radius 3 is 2.48 bits per heavy atom. The first kappa shape index (κ1) is 17.3. The maximum absolute atomic E-state index is 13.3. The molecule has 8 heteroatoms. The second-order valence-corrected chi connectivity index (χ2v) is 6.40. The Balaban J connectivity index is 1.50. The number of benzene rings is 1. The van der Waals surface area contributed by atoms with Crippen LogP contribution in [0.3, 0.4) is 0 Å². The number of carbonyl (C=O) groups excluding carboxylic acids is 1. The van der Waals surface area contributed by atoms with Crippen LogP contribution in [-0.2, 0) is 0 Å². The maximum atomic E-state index is 13.3. The highest BCUT2D eigenvalue weighted by molar-refractivity contribution is 5.94. The van der Waals surface area contributed by atoms with E-state index in [4.69, 9.17) is 9.63 Å². The highest BCUT2D eigenvalue weighted by atomic mass is 19.1. The third-order valence-electron chi connectivity index (χ3n) is 4.57. The van der Waals surface area contributed by atoms with Gasteiger partial charge >= 0.3 is 0 Å². The smallest absolute Gasteiger partial charge is 0.251 e. The number of carbonyl (C=O) groups is 1. The molecule has 0 aliphatic heterocycles. The fourth-order valence-corrected chi connectivity index (χ4v) is 3.13. The number of halogens is 2. The molecule has 1 aromatic carbocycles. The number of hydrogen-bond donors (Lipinski definition) is 2. The van der Waals surface area contributed by atoms with Gasteiger partial charge in [0.05, 0.1) is 0 Å². The van der Waals surface area contributed by atoms with E-state index in [9.17, 15) is 13.6 Å². The van der Waals surface area contributed by atoms with Crippen LogP contribution in [0.4, 0.5) is 8.78 Å². The van der Waals surface area contributed by atoms with Gasteiger partial charge in [-0.15, -0.1) is 0 Å². The number of aryl methyl sites for hydroxylation is 1. The Hall–Kier alpha value is -2.51. The van der Waals surface area contributed by atoms with Gasteiger partial charge < -0.3 is 14.9 Å². The summed E-state index contributed by atoms with van der Waals surface area (Å²) < 4.78 is 31.8. The molecule has 1 aliphatic carbocycles. The Labute approximate surface area is 143 Å². The van der Waals surface area contributed by atoms with Crippen molar-refractivity contribution in [1.29, 1.82) is 0 Å². The summed E-state index contributed by atoms with van der Waals surface area (Å²) in [5.41, 5.74) is -0.150. The van der Waals surface area contributed by atoms with Crippen molar-refractivity contribution in [2.45, 2.75) is 38.5 Å². The molecule has 0 saturated heterocycles. The van der Waals surface area contributed by atoms with Crippen molar-refractivity contribution in [1.82, 2.24) is 15.5 Å². The topological polar surface area (TPSA) is 88.2 Å². The van der Waals surface area contributed by atoms with E-state index < -0.39 is 23.3 Å². The molecule has 0 atom stereocenters. The molecular weight excluding hydrogens is 332 g/mol. The summed E-state index contributed by atoms with van der Waals surface area (Å²) in [4.78, 5) is 16.3. The van der Waals surface area contributed by atoms with Crippen LogP contribution in [0.25, 0.3) is 0 Å². The molecular formula is C17H19F2N3O3. The molecule has 25 heavy (non-hydrogen) atoms. The van der Waals surface area contributed by atoms with E-state index in [-0.39, 0.29) is 17.4 Å². The monoisotopic (exact) mass is 351 g/mol. The quantitative estimate of drug-likeness (QED) is 0.884. The highest BCUT2D eigenvalue weighted by Crippen LogP contribution is 2.34. The van der Waals surface area contributed by atoms with Gasteiger partial charge in [-0.2, -0.15) is 4.98 Å². The average Bonchev–Trinajstić information content (AvgIpc) is 3.04. The summed E-state index contributed by atoms with van der Waals surface area (Å²) in [7, 11) is 0. The molecule has 1 saturated carbocycles. The van der Waals surface area contributed by atoms with Gasteiger partial charge in [0, 0.05) is 18.0 Å². The number of hydrogen-bond acceptors (Lipinski definition) is 5. The van der Waals surface area contributed by atoms with Gasteiger partial charge in [0.15, 0.2) is 23.2 Å². The van der Waals surface area contributed by atoms with E-state index >= 15 is 0 Å². The van der Waals surface area contributed by atoms with Gasteiger partial charge in [0.1, 0.15) is 0 Å². The molecule has 6 nitrogen and oxygen atoms in total. The number of phenolic OH excluding ortho intramolecular Hbond substituents is 1. The number of nitrogens with one attached hydrogen (secondary N) is 1. The highest BCUT2D eigenvalue weighted by Gasteiger charge is 2.26. The van der Waals surface area contributed by atoms with Crippen LogP contribution in [0.1, 0.15) is 53.7 Å². The normalized spacial score (nSPS) is 20.4. The van der Waals surface area contributed by atoms with E-state index in [1.54, 1.807) is 6.92 Å². The molecule has 3 rings (SSSR count). The largest absolute Gasteiger partial charge is 0.503 e. The molecule has 0 spiro atoms. The van der Waals surface area contributed by atoms with E-state index in [1.165, 1.54) is 0 Å². The van der Waals surface area contributed by atoms with Crippen LogP contribution in [0.15, 0.2) is 16.7 Å². The van der Waals surface area contributed by atoms with Crippen molar-refractivity contribution in [3.63, 3.8) is 0 Å². The minimum absolute atomic E-state index is 0.150. The van der Waals surface area contributed by atoms with Crippen molar-refractivity contribution in [3.8, 4) is 5.75 Å². The molecule has 1 aliphatic rings. The third-order valence-corrected chi connectivity index (χ3v) is 4.57. The summed E-state index contributed by atoms with van der Waals surface area (Å²) in [5.74, 6) is -2.13. The van der Waals surface area contributed by atoms with Crippen molar-refractivity contribution in [2.24, 2.45) is 5.92 Å². The number of aromatic nitrogens is 2. The second kappa shape index (κ2) is 7.16. The zero-order chi connectivity index (χ0) is 18.0. The predicted octanol–water partition coefficient (Wildman–Crippen LogP) is 3.07. The first-order chi connectivity index (χ1) is 11.9. The molecule has 1 fully saturated rings. The first-order valence-electron chi connectivity index (χ1n) is 8.20. The summed E-state index contributed by atoms with van der Waals surface area (Å²) >= 11 is 0. The lowest BCUT2D eigenvalue weighted by molar-refractivity contribution is 0.0941. The third kappa shape index (κ3) is 3.94. The molecule has 2 aromatic rings. The van der Waals surface area contributed by atoms with Gasteiger partial charge in [0.25, 0.3) is 5.91 Å². The van der Waals surface area contributed by atoms with Gasteiger partial charge in [-0.3, -0.25) is 4.79 Å². The minimum Gasteiger partial charge on any atom is -0.503 e. The molecule has 134 valence electrons. The lowest BCUT2D eigenvalue weighted by Crippen LogP contribution is -2.31. The fourth-order valence-electron chi connectivity index (χ4n) is 3.13. The van der Waals surface area contributed by atoms with Gasteiger partial charge in [-0.05, 0) is 50.7 Å². The van der Waals surface area contributed by atoms with Crippen LogP contribution in [0.5, 0.6) is 5.75 Å². The Morgan fingerprint density at radius 1 is 1.28 bits per heavy atom. The zero-order valence-corrected chi connectivity index (χ0v) is 13.8. The fraction of sp³-hybridized carbons (Fsp3) is 0.471. The van der Waals surface area contributed by atoms with Crippen LogP contribution in [0, 0.1) is 24.5 Å². The predicted molar refractivity (Wildman–Crippen MR) is 84.1 cm³/mol. The van der Waals surface area contributed by atoms with E-state index in [0.717, 1.165) is 37.8 Å². The first-order valence-corrected chi connectivity index (χ1v) is 8.20.